The minimum Gasteiger partial charge on any atom is -0.336 e. The molecular weight excluding hydrogens is 446 g/mol. The molecular formula is C23H20ClN5O2S. The molecule has 2 N–H and O–H groups in total. The number of hydrogen-bond acceptors (Lipinski definition) is 5. The number of urea groups is 1. The predicted octanol–water partition coefficient (Wildman–Crippen LogP) is 4.82. The van der Waals surface area contributed by atoms with Crippen molar-refractivity contribution in [2.24, 2.45) is 0 Å². The van der Waals surface area contributed by atoms with Crippen LogP contribution in [0.25, 0.3) is 21.1 Å². The van der Waals surface area contributed by atoms with Crippen LogP contribution in [-0.2, 0) is 6.54 Å². The van der Waals surface area contributed by atoms with Gasteiger partial charge in [0.25, 0.3) is 5.56 Å². The molecule has 2 amide bonds. The van der Waals surface area contributed by atoms with Crippen LogP contribution in [-0.4, -0.2) is 27.3 Å². The summed E-state index contributed by atoms with van der Waals surface area (Å²) in [6.07, 6.45) is 0. The van der Waals surface area contributed by atoms with Gasteiger partial charge in [-0.2, -0.15) is 5.10 Å². The molecule has 0 spiro atoms. The van der Waals surface area contributed by atoms with E-state index in [9.17, 15) is 9.59 Å². The zero-order valence-electron chi connectivity index (χ0n) is 17.2. The van der Waals surface area contributed by atoms with Crippen LogP contribution in [0.15, 0.2) is 71.5 Å². The molecule has 0 aliphatic carbocycles. The molecule has 0 atom stereocenters. The Labute approximate surface area is 193 Å². The van der Waals surface area contributed by atoms with Gasteiger partial charge in [-0.05, 0) is 37.3 Å². The van der Waals surface area contributed by atoms with Gasteiger partial charge in [-0.1, -0.05) is 41.9 Å². The largest absolute Gasteiger partial charge is 0.336 e. The highest BCUT2D eigenvalue weighted by atomic mass is 35.5. The molecule has 4 rings (SSSR count). The fraction of sp³-hybridized carbons (Fsp3) is 0.130. The third-order valence-corrected chi connectivity index (χ3v) is 6.11. The predicted molar refractivity (Wildman–Crippen MR) is 128 cm³/mol. The van der Waals surface area contributed by atoms with E-state index in [0.717, 1.165) is 21.1 Å². The fourth-order valence-electron chi connectivity index (χ4n) is 3.05. The lowest BCUT2D eigenvalue weighted by Crippen LogP contribution is -2.34. The van der Waals surface area contributed by atoms with Gasteiger partial charge in [0.15, 0.2) is 0 Å². The molecule has 2 heterocycles. The minimum atomic E-state index is -0.373. The maximum absolute atomic E-state index is 12.3. The van der Waals surface area contributed by atoms with Crippen molar-refractivity contribution in [1.29, 1.82) is 0 Å². The number of aryl methyl sites for hydroxylation is 1. The highest BCUT2D eigenvalue weighted by Gasteiger charge is 2.13. The number of rotatable bonds is 6. The summed E-state index contributed by atoms with van der Waals surface area (Å²) >= 11 is 7.38. The highest BCUT2D eigenvalue weighted by Crippen LogP contribution is 2.33. The molecule has 9 heteroatoms. The van der Waals surface area contributed by atoms with E-state index < -0.39 is 0 Å². The number of thiazole rings is 1. The first-order valence-corrected chi connectivity index (χ1v) is 11.1. The zero-order valence-corrected chi connectivity index (χ0v) is 18.8. The van der Waals surface area contributed by atoms with E-state index in [2.05, 4.69) is 20.7 Å². The van der Waals surface area contributed by atoms with Gasteiger partial charge in [-0.15, -0.1) is 11.3 Å². The minimum absolute atomic E-state index is 0.237. The molecule has 0 aliphatic rings. The van der Waals surface area contributed by atoms with E-state index >= 15 is 0 Å². The van der Waals surface area contributed by atoms with E-state index in [-0.39, 0.29) is 24.7 Å². The Morgan fingerprint density at radius 2 is 1.81 bits per heavy atom. The van der Waals surface area contributed by atoms with Crippen molar-refractivity contribution >= 4 is 34.7 Å². The van der Waals surface area contributed by atoms with Crippen LogP contribution >= 0.6 is 22.9 Å². The summed E-state index contributed by atoms with van der Waals surface area (Å²) in [7, 11) is 0. The number of hydrogen-bond donors (Lipinski definition) is 2. The van der Waals surface area contributed by atoms with Gasteiger partial charge in [-0.3, -0.25) is 4.79 Å². The Kier molecular flexibility index (Phi) is 6.63. The van der Waals surface area contributed by atoms with Gasteiger partial charge >= 0.3 is 6.03 Å². The molecule has 4 aromatic rings. The number of halogens is 1. The molecule has 32 heavy (non-hydrogen) atoms. The summed E-state index contributed by atoms with van der Waals surface area (Å²) in [5.74, 6) is 0. The maximum Gasteiger partial charge on any atom is 0.319 e. The standard InChI is InChI=1S/C23H20ClN5O2S/c1-15-21(32-22(26-15)16-5-3-2-4-6-16)19-11-12-20(30)29(28-19)14-13-25-23(31)27-18-9-7-17(24)8-10-18/h2-12H,13-14H2,1H3,(H2,25,27,31). The number of amides is 2. The lowest BCUT2D eigenvalue weighted by Gasteiger charge is -2.09. The van der Waals surface area contributed by atoms with Crippen LogP contribution in [0.5, 0.6) is 0 Å². The second-order valence-corrected chi connectivity index (χ2v) is 8.40. The summed E-state index contributed by atoms with van der Waals surface area (Å²) < 4.78 is 1.35. The summed E-state index contributed by atoms with van der Waals surface area (Å²) in [5.41, 5.74) is 2.95. The number of nitrogens with zero attached hydrogens (tertiary/aromatic N) is 3. The molecule has 0 bridgehead atoms. The molecule has 0 saturated heterocycles. The van der Waals surface area contributed by atoms with Gasteiger partial charge in [-0.25, -0.2) is 14.5 Å². The van der Waals surface area contributed by atoms with Crippen molar-refractivity contribution in [2.45, 2.75) is 13.5 Å². The quantitative estimate of drug-likeness (QED) is 0.427. The molecule has 0 saturated carbocycles. The first-order chi connectivity index (χ1) is 15.5. The number of aromatic nitrogens is 3. The van der Waals surface area contributed by atoms with Gasteiger partial charge in [0.2, 0.25) is 0 Å². The number of carbonyl (C=O) groups is 1. The lowest BCUT2D eigenvalue weighted by atomic mass is 10.2. The summed E-state index contributed by atoms with van der Waals surface area (Å²) in [6.45, 7) is 2.41. The van der Waals surface area contributed by atoms with E-state index in [1.165, 1.54) is 22.1 Å². The average Bonchev–Trinajstić information content (AvgIpc) is 3.19. The molecule has 0 fully saturated rings. The summed E-state index contributed by atoms with van der Waals surface area (Å²) in [5, 5.41) is 11.4. The summed E-state index contributed by atoms with van der Waals surface area (Å²) in [6, 6.07) is 19.5. The Morgan fingerprint density at radius 3 is 2.56 bits per heavy atom. The van der Waals surface area contributed by atoms with Crippen molar-refractivity contribution in [1.82, 2.24) is 20.1 Å². The molecule has 7 nitrogen and oxygen atoms in total. The van der Waals surface area contributed by atoms with Crippen LogP contribution in [0.3, 0.4) is 0 Å². The van der Waals surface area contributed by atoms with Crippen LogP contribution in [0.2, 0.25) is 5.02 Å². The molecule has 0 aliphatic heterocycles. The Morgan fingerprint density at radius 1 is 1.06 bits per heavy atom. The first kappa shape index (κ1) is 21.7. The fourth-order valence-corrected chi connectivity index (χ4v) is 4.21. The third kappa shape index (κ3) is 5.22. The van der Waals surface area contributed by atoms with Crippen LogP contribution in [0.4, 0.5) is 10.5 Å². The van der Waals surface area contributed by atoms with E-state index in [0.29, 0.717) is 16.4 Å². The maximum atomic E-state index is 12.3. The molecule has 0 radical (unpaired) electrons. The van der Waals surface area contributed by atoms with Crippen molar-refractivity contribution in [3.63, 3.8) is 0 Å². The molecule has 2 aromatic carbocycles. The van der Waals surface area contributed by atoms with Gasteiger partial charge in [0.1, 0.15) is 10.7 Å². The Balaban J connectivity index is 1.43. The van der Waals surface area contributed by atoms with E-state index in [1.54, 1.807) is 30.3 Å². The normalized spacial score (nSPS) is 10.7. The van der Waals surface area contributed by atoms with Gasteiger partial charge in [0, 0.05) is 28.9 Å². The molecule has 162 valence electrons. The lowest BCUT2D eigenvalue weighted by molar-refractivity contribution is 0.251. The van der Waals surface area contributed by atoms with Crippen molar-refractivity contribution in [2.75, 3.05) is 11.9 Å². The first-order valence-electron chi connectivity index (χ1n) is 9.91. The van der Waals surface area contributed by atoms with E-state index in [1.807, 2.05) is 37.3 Å². The van der Waals surface area contributed by atoms with Crippen LogP contribution < -0.4 is 16.2 Å². The van der Waals surface area contributed by atoms with Gasteiger partial charge in [0.05, 0.1) is 17.1 Å². The topological polar surface area (TPSA) is 88.9 Å². The van der Waals surface area contributed by atoms with Crippen LogP contribution in [0, 0.1) is 6.92 Å². The second-order valence-electron chi connectivity index (χ2n) is 6.97. The molecule has 0 unspecified atom stereocenters. The highest BCUT2D eigenvalue weighted by molar-refractivity contribution is 7.18. The van der Waals surface area contributed by atoms with Crippen molar-refractivity contribution in [3.05, 3.63) is 87.8 Å². The second kappa shape index (κ2) is 9.76. The van der Waals surface area contributed by atoms with Crippen molar-refractivity contribution in [3.8, 4) is 21.1 Å². The summed E-state index contributed by atoms with van der Waals surface area (Å²) in [4.78, 5) is 29.9. The zero-order chi connectivity index (χ0) is 22.5. The Hall–Kier alpha value is -3.49. The van der Waals surface area contributed by atoms with Crippen molar-refractivity contribution < 1.29 is 4.79 Å². The van der Waals surface area contributed by atoms with Crippen LogP contribution in [0.1, 0.15) is 5.69 Å². The number of nitrogens with one attached hydrogen (secondary N) is 2. The third-order valence-electron chi connectivity index (χ3n) is 4.63. The van der Waals surface area contributed by atoms with E-state index in [4.69, 9.17) is 11.6 Å². The number of anilines is 1. The smallest absolute Gasteiger partial charge is 0.319 e. The number of carbonyl (C=O) groups excluding carboxylic acids is 1. The Bertz CT molecular complexity index is 1290. The SMILES string of the molecule is Cc1nc(-c2ccccc2)sc1-c1ccc(=O)n(CCNC(=O)Nc2ccc(Cl)cc2)n1. The monoisotopic (exact) mass is 465 g/mol. The van der Waals surface area contributed by atoms with Gasteiger partial charge < -0.3 is 10.6 Å². The molecule has 2 aromatic heterocycles. The number of benzene rings is 2. The average molecular weight is 466 g/mol.